The molecule has 0 spiro atoms. The quantitative estimate of drug-likeness (QED) is 0.781. The second-order valence-electron chi connectivity index (χ2n) is 3.56. The van der Waals surface area contributed by atoms with E-state index in [4.69, 9.17) is 16.3 Å². The SMILES string of the molecule is O=C(NC1(CCl)CCOC1)c1ccon1. The highest BCUT2D eigenvalue weighted by molar-refractivity contribution is 6.19. The number of rotatable bonds is 3. The molecule has 1 saturated heterocycles. The number of halogens is 1. The Kier molecular flexibility index (Phi) is 2.93. The molecule has 1 amide bonds. The molecule has 2 heterocycles. The summed E-state index contributed by atoms with van der Waals surface area (Å²) in [6.45, 7) is 1.06. The number of amides is 1. The Hall–Kier alpha value is -1.07. The Balaban J connectivity index is 2.04. The van der Waals surface area contributed by atoms with E-state index in [0.717, 1.165) is 6.42 Å². The zero-order valence-corrected chi connectivity index (χ0v) is 8.79. The van der Waals surface area contributed by atoms with Crippen molar-refractivity contribution in [3.63, 3.8) is 0 Å². The van der Waals surface area contributed by atoms with E-state index in [1.807, 2.05) is 0 Å². The number of carbonyl (C=O) groups excluding carboxylic acids is 1. The van der Waals surface area contributed by atoms with Crippen LogP contribution in [0.2, 0.25) is 0 Å². The summed E-state index contributed by atoms with van der Waals surface area (Å²) in [6.07, 6.45) is 2.08. The second-order valence-corrected chi connectivity index (χ2v) is 3.82. The zero-order chi connectivity index (χ0) is 10.7. The van der Waals surface area contributed by atoms with Crippen LogP contribution in [-0.4, -0.2) is 35.7 Å². The molecule has 0 saturated carbocycles. The van der Waals surface area contributed by atoms with E-state index in [9.17, 15) is 4.79 Å². The first-order valence-corrected chi connectivity index (χ1v) is 5.16. The van der Waals surface area contributed by atoms with E-state index in [0.29, 0.717) is 19.1 Å². The highest BCUT2D eigenvalue weighted by atomic mass is 35.5. The maximum atomic E-state index is 11.7. The lowest BCUT2D eigenvalue weighted by atomic mass is 10.0. The third-order valence-electron chi connectivity index (χ3n) is 2.41. The van der Waals surface area contributed by atoms with E-state index in [1.54, 1.807) is 0 Å². The normalized spacial score (nSPS) is 25.4. The van der Waals surface area contributed by atoms with Gasteiger partial charge < -0.3 is 14.6 Å². The van der Waals surface area contributed by atoms with Crippen molar-refractivity contribution in [3.8, 4) is 0 Å². The van der Waals surface area contributed by atoms with Gasteiger partial charge in [-0.3, -0.25) is 4.79 Å². The predicted molar refractivity (Wildman–Crippen MR) is 52.9 cm³/mol. The molecule has 2 rings (SSSR count). The van der Waals surface area contributed by atoms with E-state index in [2.05, 4.69) is 15.0 Å². The molecule has 0 radical (unpaired) electrons. The summed E-state index contributed by atoms with van der Waals surface area (Å²) in [4.78, 5) is 11.7. The first-order valence-electron chi connectivity index (χ1n) is 4.62. The molecule has 1 N–H and O–H groups in total. The highest BCUT2D eigenvalue weighted by Gasteiger charge is 2.36. The van der Waals surface area contributed by atoms with Crippen LogP contribution in [0.25, 0.3) is 0 Å². The molecule has 1 aromatic rings. The fraction of sp³-hybridized carbons (Fsp3) is 0.556. The first-order chi connectivity index (χ1) is 7.26. The summed E-state index contributed by atoms with van der Waals surface area (Å²) in [7, 11) is 0. The average molecular weight is 231 g/mol. The van der Waals surface area contributed by atoms with E-state index < -0.39 is 5.54 Å². The average Bonchev–Trinajstić information content (AvgIpc) is 2.88. The standard InChI is InChI=1S/C9H11ClN2O3/c10-5-9(2-4-14-6-9)11-8(13)7-1-3-15-12-7/h1,3H,2,4-6H2,(H,11,13). The number of carbonyl (C=O) groups is 1. The van der Waals surface area contributed by atoms with Gasteiger partial charge in [0.2, 0.25) is 0 Å². The van der Waals surface area contributed by atoms with Crippen molar-refractivity contribution in [2.24, 2.45) is 0 Å². The van der Waals surface area contributed by atoms with Gasteiger partial charge in [-0.25, -0.2) is 0 Å². The third kappa shape index (κ3) is 2.13. The summed E-state index contributed by atoms with van der Waals surface area (Å²) < 4.78 is 9.82. The minimum atomic E-state index is -0.461. The molecule has 82 valence electrons. The van der Waals surface area contributed by atoms with Crippen LogP contribution >= 0.6 is 11.6 Å². The molecule has 1 fully saturated rings. The molecule has 15 heavy (non-hydrogen) atoms. The van der Waals surface area contributed by atoms with Gasteiger partial charge >= 0.3 is 0 Å². The van der Waals surface area contributed by atoms with Crippen molar-refractivity contribution < 1.29 is 14.1 Å². The number of hydrogen-bond acceptors (Lipinski definition) is 4. The number of nitrogens with zero attached hydrogens (tertiary/aromatic N) is 1. The van der Waals surface area contributed by atoms with Crippen LogP contribution in [0.1, 0.15) is 16.9 Å². The zero-order valence-electron chi connectivity index (χ0n) is 8.03. The predicted octanol–water partition coefficient (Wildman–Crippen LogP) is 0.802. The van der Waals surface area contributed by atoms with Gasteiger partial charge in [0.1, 0.15) is 6.26 Å². The molecule has 5 nitrogen and oxygen atoms in total. The summed E-state index contributed by atoms with van der Waals surface area (Å²) in [5.41, 5.74) is -0.205. The number of aromatic nitrogens is 1. The molecule has 6 heteroatoms. The number of hydrogen-bond donors (Lipinski definition) is 1. The molecule has 1 aliphatic rings. The van der Waals surface area contributed by atoms with Crippen LogP contribution in [0, 0.1) is 0 Å². The molecular formula is C9H11ClN2O3. The van der Waals surface area contributed by atoms with Crippen molar-refractivity contribution in [2.45, 2.75) is 12.0 Å². The molecule has 1 atom stereocenters. The van der Waals surface area contributed by atoms with E-state index in [1.165, 1.54) is 12.3 Å². The van der Waals surface area contributed by atoms with Crippen LogP contribution in [-0.2, 0) is 4.74 Å². The summed E-state index contributed by atoms with van der Waals surface area (Å²) in [5, 5.41) is 6.38. The Morgan fingerprint density at radius 1 is 1.73 bits per heavy atom. The molecular weight excluding hydrogens is 220 g/mol. The maximum absolute atomic E-state index is 11.7. The van der Waals surface area contributed by atoms with Crippen LogP contribution < -0.4 is 5.32 Å². The fourth-order valence-electron chi connectivity index (χ4n) is 1.48. The van der Waals surface area contributed by atoms with E-state index >= 15 is 0 Å². The van der Waals surface area contributed by atoms with Gasteiger partial charge in [0.15, 0.2) is 5.69 Å². The van der Waals surface area contributed by atoms with Crippen molar-refractivity contribution in [1.29, 1.82) is 0 Å². The molecule has 1 unspecified atom stereocenters. The number of ether oxygens (including phenoxy) is 1. The lowest BCUT2D eigenvalue weighted by molar-refractivity contribution is 0.0882. The molecule has 0 bridgehead atoms. The van der Waals surface area contributed by atoms with Gasteiger partial charge in [-0.1, -0.05) is 5.16 Å². The van der Waals surface area contributed by atoms with Crippen molar-refractivity contribution in [3.05, 3.63) is 18.0 Å². The molecule has 0 aliphatic carbocycles. The third-order valence-corrected chi connectivity index (χ3v) is 2.92. The smallest absolute Gasteiger partial charge is 0.274 e. The number of nitrogens with one attached hydrogen (secondary N) is 1. The molecule has 1 aliphatic heterocycles. The van der Waals surface area contributed by atoms with Gasteiger partial charge in [-0.15, -0.1) is 11.6 Å². The minimum Gasteiger partial charge on any atom is -0.379 e. The lowest BCUT2D eigenvalue weighted by Gasteiger charge is -2.25. The largest absolute Gasteiger partial charge is 0.379 e. The Morgan fingerprint density at radius 3 is 3.13 bits per heavy atom. The highest BCUT2D eigenvalue weighted by Crippen LogP contribution is 2.20. The van der Waals surface area contributed by atoms with Crippen LogP contribution in [0.3, 0.4) is 0 Å². The van der Waals surface area contributed by atoms with Gasteiger partial charge in [-0.2, -0.15) is 0 Å². The van der Waals surface area contributed by atoms with Crippen molar-refractivity contribution >= 4 is 17.5 Å². The summed E-state index contributed by atoms with van der Waals surface area (Å²) in [5.74, 6) is 0.0475. The van der Waals surface area contributed by atoms with Crippen LogP contribution in [0.4, 0.5) is 0 Å². The Bertz CT molecular complexity index is 333. The van der Waals surface area contributed by atoms with Gasteiger partial charge in [0, 0.05) is 18.6 Å². The number of alkyl halides is 1. The van der Waals surface area contributed by atoms with Crippen molar-refractivity contribution in [2.75, 3.05) is 19.1 Å². The Morgan fingerprint density at radius 2 is 2.60 bits per heavy atom. The van der Waals surface area contributed by atoms with Crippen LogP contribution in [0.5, 0.6) is 0 Å². The topological polar surface area (TPSA) is 64.4 Å². The monoisotopic (exact) mass is 230 g/mol. The summed E-state index contributed by atoms with van der Waals surface area (Å²) in [6, 6.07) is 1.51. The van der Waals surface area contributed by atoms with Gasteiger partial charge in [0.25, 0.3) is 5.91 Å². The lowest BCUT2D eigenvalue weighted by Crippen LogP contribution is -2.50. The molecule has 1 aromatic heterocycles. The summed E-state index contributed by atoms with van der Waals surface area (Å²) >= 11 is 5.83. The van der Waals surface area contributed by atoms with Crippen LogP contribution in [0.15, 0.2) is 16.9 Å². The van der Waals surface area contributed by atoms with E-state index in [-0.39, 0.29) is 11.6 Å². The van der Waals surface area contributed by atoms with Gasteiger partial charge in [-0.05, 0) is 6.42 Å². The Labute approximate surface area is 91.7 Å². The van der Waals surface area contributed by atoms with Gasteiger partial charge in [0.05, 0.1) is 12.1 Å². The first kappa shape index (κ1) is 10.4. The maximum Gasteiger partial charge on any atom is 0.274 e. The molecule has 0 aromatic carbocycles. The fourth-order valence-corrected chi connectivity index (χ4v) is 1.76. The minimum absolute atomic E-state index is 0.256. The second kappa shape index (κ2) is 4.20. The van der Waals surface area contributed by atoms with Crippen molar-refractivity contribution in [1.82, 2.24) is 10.5 Å².